The summed E-state index contributed by atoms with van der Waals surface area (Å²) in [5.41, 5.74) is 0.766. The van der Waals surface area contributed by atoms with Gasteiger partial charge in [-0.2, -0.15) is 0 Å². The lowest BCUT2D eigenvalue weighted by Gasteiger charge is -2.31. The number of aromatic nitrogens is 1. The third kappa shape index (κ3) is 2.79. The van der Waals surface area contributed by atoms with E-state index in [4.69, 9.17) is 5.11 Å². The molecular formula is C13H18N2O3. The zero-order valence-corrected chi connectivity index (χ0v) is 10.2. The van der Waals surface area contributed by atoms with Crippen LogP contribution in [0.1, 0.15) is 36.0 Å². The molecule has 98 valence electrons. The highest BCUT2D eigenvalue weighted by Crippen LogP contribution is 2.27. The molecule has 1 aliphatic carbocycles. The molecule has 3 N–H and O–H groups in total. The van der Waals surface area contributed by atoms with E-state index in [-0.39, 0.29) is 24.1 Å². The van der Waals surface area contributed by atoms with Crippen molar-refractivity contribution in [3.63, 3.8) is 0 Å². The predicted octanol–water partition coefficient (Wildman–Crippen LogP) is 1.74. The van der Waals surface area contributed by atoms with Gasteiger partial charge in [0.1, 0.15) is 0 Å². The summed E-state index contributed by atoms with van der Waals surface area (Å²) in [5, 5.41) is 21.7. The Labute approximate surface area is 106 Å². The molecule has 1 aliphatic rings. The van der Waals surface area contributed by atoms with E-state index in [0.717, 1.165) is 25.7 Å². The summed E-state index contributed by atoms with van der Waals surface area (Å²) in [6.45, 7) is 0.139. The van der Waals surface area contributed by atoms with Gasteiger partial charge in [0, 0.05) is 24.8 Å². The Hall–Kier alpha value is -1.62. The van der Waals surface area contributed by atoms with E-state index in [2.05, 4.69) is 10.3 Å². The van der Waals surface area contributed by atoms with Gasteiger partial charge in [0.2, 0.25) is 0 Å². The van der Waals surface area contributed by atoms with E-state index in [1.54, 1.807) is 0 Å². The molecule has 1 saturated carbocycles. The standard InChI is InChI=1S/C13H18N2O3/c16-8-9-3-1-2-4-11(9)15-12-7-14-6-5-10(12)13(17)18/h5-7,9,11,15-16H,1-4,8H2,(H,17,18). The number of carbonyl (C=O) groups is 1. The van der Waals surface area contributed by atoms with Crippen molar-refractivity contribution in [2.75, 3.05) is 11.9 Å². The summed E-state index contributed by atoms with van der Waals surface area (Å²) in [4.78, 5) is 15.1. The molecule has 0 spiro atoms. The van der Waals surface area contributed by atoms with Crippen LogP contribution in [0.25, 0.3) is 0 Å². The van der Waals surface area contributed by atoms with Gasteiger partial charge in [-0.25, -0.2) is 4.79 Å². The minimum atomic E-state index is -0.962. The Morgan fingerprint density at radius 3 is 2.94 bits per heavy atom. The molecule has 5 heteroatoms. The first-order valence-corrected chi connectivity index (χ1v) is 6.27. The quantitative estimate of drug-likeness (QED) is 0.758. The third-order valence-corrected chi connectivity index (χ3v) is 3.54. The molecule has 18 heavy (non-hydrogen) atoms. The van der Waals surface area contributed by atoms with Gasteiger partial charge in [0.15, 0.2) is 0 Å². The Morgan fingerprint density at radius 1 is 1.44 bits per heavy atom. The molecule has 0 radical (unpaired) electrons. The molecule has 1 heterocycles. The number of nitrogens with zero attached hydrogens (tertiary/aromatic N) is 1. The number of anilines is 1. The Kier molecular flexibility index (Phi) is 4.15. The Balaban J connectivity index is 2.15. The minimum absolute atomic E-state index is 0.131. The van der Waals surface area contributed by atoms with E-state index in [1.165, 1.54) is 18.5 Å². The average Bonchev–Trinajstić information content (AvgIpc) is 2.40. The van der Waals surface area contributed by atoms with E-state index in [0.29, 0.717) is 5.69 Å². The van der Waals surface area contributed by atoms with Crippen molar-refractivity contribution < 1.29 is 15.0 Å². The van der Waals surface area contributed by atoms with Crippen LogP contribution in [-0.4, -0.2) is 33.8 Å². The maximum Gasteiger partial charge on any atom is 0.337 e. The lowest BCUT2D eigenvalue weighted by atomic mass is 9.85. The van der Waals surface area contributed by atoms with Crippen LogP contribution in [0.4, 0.5) is 5.69 Å². The van der Waals surface area contributed by atoms with Gasteiger partial charge in [-0.05, 0) is 18.9 Å². The van der Waals surface area contributed by atoms with Gasteiger partial charge in [-0.1, -0.05) is 12.8 Å². The molecule has 0 saturated heterocycles. The van der Waals surface area contributed by atoms with Crippen LogP contribution in [0.5, 0.6) is 0 Å². The highest BCUT2D eigenvalue weighted by Gasteiger charge is 2.25. The third-order valence-electron chi connectivity index (χ3n) is 3.54. The van der Waals surface area contributed by atoms with Crippen molar-refractivity contribution in [1.82, 2.24) is 4.98 Å². The van der Waals surface area contributed by atoms with Crippen LogP contribution in [-0.2, 0) is 0 Å². The first-order chi connectivity index (χ1) is 8.72. The van der Waals surface area contributed by atoms with Crippen molar-refractivity contribution in [2.45, 2.75) is 31.7 Å². The van der Waals surface area contributed by atoms with Crippen LogP contribution in [0.2, 0.25) is 0 Å². The highest BCUT2D eigenvalue weighted by atomic mass is 16.4. The molecular weight excluding hydrogens is 232 g/mol. The number of aliphatic hydroxyl groups is 1. The fraction of sp³-hybridized carbons (Fsp3) is 0.538. The number of hydrogen-bond donors (Lipinski definition) is 3. The van der Waals surface area contributed by atoms with Gasteiger partial charge in [-0.15, -0.1) is 0 Å². The summed E-state index contributed by atoms with van der Waals surface area (Å²) < 4.78 is 0. The number of carboxylic acids is 1. The zero-order chi connectivity index (χ0) is 13.0. The monoisotopic (exact) mass is 250 g/mol. The van der Waals surface area contributed by atoms with Crippen molar-refractivity contribution in [2.24, 2.45) is 5.92 Å². The number of rotatable bonds is 4. The van der Waals surface area contributed by atoms with Gasteiger partial charge < -0.3 is 15.5 Å². The second kappa shape index (κ2) is 5.82. The minimum Gasteiger partial charge on any atom is -0.478 e. The van der Waals surface area contributed by atoms with Crippen LogP contribution < -0.4 is 5.32 Å². The molecule has 0 bridgehead atoms. The number of carboxylic acid groups (broad SMARTS) is 1. The van der Waals surface area contributed by atoms with Crippen LogP contribution in [0, 0.1) is 5.92 Å². The molecule has 2 rings (SSSR count). The molecule has 0 aromatic carbocycles. The highest BCUT2D eigenvalue weighted by molar-refractivity contribution is 5.93. The largest absolute Gasteiger partial charge is 0.478 e. The van der Waals surface area contributed by atoms with Crippen molar-refractivity contribution >= 4 is 11.7 Å². The first kappa shape index (κ1) is 12.8. The lowest BCUT2D eigenvalue weighted by molar-refractivity contribution is 0.0697. The summed E-state index contributed by atoms with van der Waals surface area (Å²) in [6, 6.07) is 1.62. The molecule has 0 aliphatic heterocycles. The van der Waals surface area contributed by atoms with E-state index in [1.807, 2.05) is 0 Å². The summed E-state index contributed by atoms with van der Waals surface area (Å²) in [5.74, 6) is -0.767. The van der Waals surface area contributed by atoms with Gasteiger partial charge >= 0.3 is 5.97 Å². The number of aromatic carboxylic acids is 1. The van der Waals surface area contributed by atoms with E-state index in [9.17, 15) is 9.90 Å². The summed E-state index contributed by atoms with van der Waals surface area (Å²) >= 11 is 0. The van der Waals surface area contributed by atoms with Crippen LogP contribution >= 0.6 is 0 Å². The molecule has 5 nitrogen and oxygen atoms in total. The zero-order valence-electron chi connectivity index (χ0n) is 10.2. The smallest absolute Gasteiger partial charge is 0.337 e. The maximum absolute atomic E-state index is 11.1. The van der Waals surface area contributed by atoms with Gasteiger partial charge in [0.25, 0.3) is 0 Å². The molecule has 2 atom stereocenters. The summed E-state index contributed by atoms with van der Waals surface area (Å²) in [6.07, 6.45) is 7.18. The van der Waals surface area contributed by atoms with Crippen molar-refractivity contribution in [3.05, 3.63) is 24.0 Å². The molecule has 0 amide bonds. The fourth-order valence-electron chi connectivity index (χ4n) is 2.51. The second-order valence-corrected chi connectivity index (χ2v) is 4.70. The SMILES string of the molecule is O=C(O)c1ccncc1NC1CCCCC1CO. The van der Waals surface area contributed by atoms with Crippen LogP contribution in [0.15, 0.2) is 18.5 Å². The topological polar surface area (TPSA) is 82.5 Å². The van der Waals surface area contributed by atoms with Gasteiger partial charge in [0.05, 0.1) is 17.4 Å². The first-order valence-electron chi connectivity index (χ1n) is 6.27. The lowest BCUT2D eigenvalue weighted by Crippen LogP contribution is -2.34. The molecule has 1 aromatic heterocycles. The number of hydrogen-bond acceptors (Lipinski definition) is 4. The predicted molar refractivity (Wildman–Crippen MR) is 67.7 cm³/mol. The maximum atomic E-state index is 11.1. The second-order valence-electron chi connectivity index (χ2n) is 4.70. The molecule has 1 fully saturated rings. The van der Waals surface area contributed by atoms with Gasteiger partial charge in [-0.3, -0.25) is 4.98 Å². The molecule has 1 aromatic rings. The van der Waals surface area contributed by atoms with Crippen LogP contribution in [0.3, 0.4) is 0 Å². The van der Waals surface area contributed by atoms with Crippen molar-refractivity contribution in [3.8, 4) is 0 Å². The number of pyridine rings is 1. The summed E-state index contributed by atoms with van der Waals surface area (Å²) in [7, 11) is 0. The Morgan fingerprint density at radius 2 is 2.22 bits per heavy atom. The van der Waals surface area contributed by atoms with E-state index < -0.39 is 5.97 Å². The molecule has 2 unspecified atom stereocenters. The number of nitrogens with one attached hydrogen (secondary N) is 1. The normalized spacial score (nSPS) is 23.6. The average molecular weight is 250 g/mol. The fourth-order valence-corrected chi connectivity index (χ4v) is 2.51. The van der Waals surface area contributed by atoms with Crippen molar-refractivity contribution in [1.29, 1.82) is 0 Å². The van der Waals surface area contributed by atoms with E-state index >= 15 is 0 Å². The Bertz CT molecular complexity index is 422. The number of aliphatic hydroxyl groups excluding tert-OH is 1.